The zero-order valence-corrected chi connectivity index (χ0v) is 17.5. The van der Waals surface area contributed by atoms with Crippen molar-refractivity contribution in [1.82, 2.24) is 5.32 Å². The van der Waals surface area contributed by atoms with Gasteiger partial charge in [-0.3, -0.25) is 4.79 Å². The molecule has 6 nitrogen and oxygen atoms in total. The standard InChI is InChI=1S/C24H27NO5/c1-4-8-18-13-22(27)30-21-12-15(2)11-20(23(18)21)29-16(3)24(28)25-14-19(26)17-9-6-5-7-10-17/h5-7,9-13,16,19,26H,4,8,14H2,1-3H3,(H,25,28)/t16-,19-/m0/s1. The zero-order chi connectivity index (χ0) is 21.7. The topological polar surface area (TPSA) is 88.8 Å². The van der Waals surface area contributed by atoms with Crippen LogP contribution in [0.2, 0.25) is 0 Å². The summed E-state index contributed by atoms with van der Waals surface area (Å²) >= 11 is 0. The van der Waals surface area contributed by atoms with Crippen molar-refractivity contribution >= 4 is 16.9 Å². The van der Waals surface area contributed by atoms with Crippen molar-refractivity contribution in [3.05, 3.63) is 75.6 Å². The van der Waals surface area contributed by atoms with Crippen LogP contribution in [0.25, 0.3) is 11.0 Å². The van der Waals surface area contributed by atoms with Gasteiger partial charge in [0.15, 0.2) is 6.10 Å². The first-order valence-corrected chi connectivity index (χ1v) is 10.1. The highest BCUT2D eigenvalue weighted by molar-refractivity contribution is 5.88. The van der Waals surface area contributed by atoms with Crippen LogP contribution in [0, 0.1) is 6.92 Å². The lowest BCUT2D eigenvalue weighted by Gasteiger charge is -2.19. The maximum atomic E-state index is 12.5. The summed E-state index contributed by atoms with van der Waals surface area (Å²) in [6.45, 7) is 5.64. The molecule has 158 valence electrons. The summed E-state index contributed by atoms with van der Waals surface area (Å²) in [7, 11) is 0. The molecule has 0 radical (unpaired) electrons. The average Bonchev–Trinajstić information content (AvgIpc) is 2.71. The van der Waals surface area contributed by atoms with Crippen LogP contribution in [0.5, 0.6) is 5.75 Å². The number of ether oxygens (including phenoxy) is 1. The number of rotatable bonds is 8. The molecule has 2 aromatic carbocycles. The van der Waals surface area contributed by atoms with Gasteiger partial charge in [0.25, 0.3) is 5.91 Å². The van der Waals surface area contributed by atoms with Crippen molar-refractivity contribution in [2.75, 3.05) is 6.54 Å². The minimum absolute atomic E-state index is 0.0844. The molecule has 0 unspecified atom stereocenters. The van der Waals surface area contributed by atoms with Crippen LogP contribution in [-0.2, 0) is 11.2 Å². The summed E-state index contributed by atoms with van der Waals surface area (Å²) < 4.78 is 11.4. The molecule has 0 aliphatic carbocycles. The molecule has 3 rings (SSSR count). The molecular weight excluding hydrogens is 382 g/mol. The zero-order valence-electron chi connectivity index (χ0n) is 17.5. The van der Waals surface area contributed by atoms with E-state index in [-0.39, 0.29) is 12.5 Å². The summed E-state index contributed by atoms with van der Waals surface area (Å²) in [6.07, 6.45) is -0.0306. The third-order valence-electron chi connectivity index (χ3n) is 4.88. The van der Waals surface area contributed by atoms with Gasteiger partial charge in [-0.2, -0.15) is 0 Å². The Kier molecular flexibility index (Phi) is 6.90. The van der Waals surface area contributed by atoms with Gasteiger partial charge in [-0.15, -0.1) is 0 Å². The number of hydrogen-bond donors (Lipinski definition) is 2. The Balaban J connectivity index is 1.77. The van der Waals surface area contributed by atoms with E-state index in [2.05, 4.69) is 5.32 Å². The molecule has 0 fully saturated rings. The van der Waals surface area contributed by atoms with Gasteiger partial charge >= 0.3 is 5.63 Å². The SMILES string of the molecule is CCCc1cc(=O)oc2cc(C)cc(O[C@@H](C)C(=O)NC[C@H](O)c3ccccc3)c12. The molecule has 1 amide bonds. The molecule has 2 atom stereocenters. The predicted molar refractivity (Wildman–Crippen MR) is 116 cm³/mol. The molecule has 0 spiro atoms. The minimum atomic E-state index is -0.799. The molecule has 1 heterocycles. The van der Waals surface area contributed by atoms with Gasteiger partial charge in [0.2, 0.25) is 0 Å². The maximum absolute atomic E-state index is 12.5. The number of aliphatic hydroxyl groups excluding tert-OH is 1. The van der Waals surface area contributed by atoms with Crippen molar-refractivity contribution < 1.29 is 19.1 Å². The highest BCUT2D eigenvalue weighted by Crippen LogP contribution is 2.31. The van der Waals surface area contributed by atoms with Gasteiger partial charge in [0.1, 0.15) is 11.3 Å². The Bertz CT molecular complexity index is 1070. The van der Waals surface area contributed by atoms with Crippen molar-refractivity contribution in [1.29, 1.82) is 0 Å². The Morgan fingerprint density at radius 2 is 1.93 bits per heavy atom. The summed E-state index contributed by atoms with van der Waals surface area (Å²) in [5.74, 6) is 0.164. The van der Waals surface area contributed by atoms with Gasteiger partial charge in [-0.1, -0.05) is 43.7 Å². The Morgan fingerprint density at radius 3 is 2.63 bits per heavy atom. The van der Waals surface area contributed by atoms with Crippen molar-refractivity contribution in [3.63, 3.8) is 0 Å². The van der Waals surface area contributed by atoms with Crippen LogP contribution in [0.3, 0.4) is 0 Å². The van der Waals surface area contributed by atoms with Gasteiger partial charge in [-0.25, -0.2) is 4.79 Å². The second kappa shape index (κ2) is 9.59. The number of aryl methyl sites for hydroxylation is 2. The van der Waals surface area contributed by atoms with Crippen molar-refractivity contribution in [3.8, 4) is 5.75 Å². The first-order chi connectivity index (χ1) is 14.4. The summed E-state index contributed by atoms with van der Waals surface area (Å²) in [4.78, 5) is 24.5. The van der Waals surface area contributed by atoms with Gasteiger partial charge in [-0.05, 0) is 49.1 Å². The summed E-state index contributed by atoms with van der Waals surface area (Å²) in [5.41, 5.74) is 2.48. The van der Waals surface area contributed by atoms with Crippen LogP contribution in [0.1, 0.15) is 43.1 Å². The molecule has 6 heteroatoms. The fourth-order valence-corrected chi connectivity index (χ4v) is 3.41. The third kappa shape index (κ3) is 5.07. The van der Waals surface area contributed by atoms with Crippen LogP contribution in [-0.4, -0.2) is 23.7 Å². The molecule has 0 bridgehead atoms. The fraction of sp³-hybridized carbons (Fsp3) is 0.333. The second-order valence-electron chi connectivity index (χ2n) is 7.41. The predicted octanol–water partition coefficient (Wildman–Crippen LogP) is 3.67. The lowest BCUT2D eigenvalue weighted by Crippen LogP contribution is -2.38. The Hall–Kier alpha value is -3.12. The van der Waals surface area contributed by atoms with Gasteiger partial charge in [0, 0.05) is 12.6 Å². The van der Waals surface area contributed by atoms with E-state index in [1.165, 1.54) is 6.07 Å². The number of carbonyl (C=O) groups excluding carboxylic acids is 1. The number of fused-ring (bicyclic) bond motifs is 1. The number of amides is 1. The van der Waals surface area contributed by atoms with Crippen LogP contribution in [0.15, 0.2) is 57.7 Å². The monoisotopic (exact) mass is 409 g/mol. The van der Waals surface area contributed by atoms with E-state index in [0.29, 0.717) is 23.1 Å². The molecular formula is C24H27NO5. The third-order valence-corrected chi connectivity index (χ3v) is 4.88. The molecule has 0 saturated carbocycles. The molecule has 3 aromatic rings. The smallest absolute Gasteiger partial charge is 0.336 e. The highest BCUT2D eigenvalue weighted by atomic mass is 16.5. The summed E-state index contributed by atoms with van der Waals surface area (Å²) in [5, 5.41) is 13.7. The van der Waals surface area contributed by atoms with E-state index in [0.717, 1.165) is 23.1 Å². The Labute approximate surface area is 175 Å². The van der Waals surface area contributed by atoms with E-state index >= 15 is 0 Å². The maximum Gasteiger partial charge on any atom is 0.336 e. The molecule has 30 heavy (non-hydrogen) atoms. The second-order valence-corrected chi connectivity index (χ2v) is 7.41. The van der Waals surface area contributed by atoms with E-state index in [1.54, 1.807) is 25.1 Å². The molecule has 1 aromatic heterocycles. The van der Waals surface area contributed by atoms with Crippen LogP contribution in [0.4, 0.5) is 0 Å². The minimum Gasteiger partial charge on any atom is -0.480 e. The number of carbonyl (C=O) groups is 1. The lowest BCUT2D eigenvalue weighted by molar-refractivity contribution is -0.127. The molecule has 0 saturated heterocycles. The fourth-order valence-electron chi connectivity index (χ4n) is 3.41. The first-order valence-electron chi connectivity index (χ1n) is 10.1. The van der Waals surface area contributed by atoms with E-state index < -0.39 is 17.8 Å². The quantitative estimate of drug-likeness (QED) is 0.554. The van der Waals surface area contributed by atoms with Crippen molar-refractivity contribution in [2.24, 2.45) is 0 Å². The van der Waals surface area contributed by atoms with Gasteiger partial charge < -0.3 is 19.6 Å². The Morgan fingerprint density at radius 1 is 1.20 bits per heavy atom. The number of hydrogen-bond acceptors (Lipinski definition) is 5. The summed E-state index contributed by atoms with van der Waals surface area (Å²) in [6, 6.07) is 14.3. The lowest BCUT2D eigenvalue weighted by atomic mass is 10.0. The van der Waals surface area contributed by atoms with Crippen molar-refractivity contribution in [2.45, 2.75) is 45.8 Å². The first kappa shape index (κ1) is 21.6. The number of nitrogens with one attached hydrogen (secondary N) is 1. The van der Waals surface area contributed by atoms with Gasteiger partial charge in [0.05, 0.1) is 11.5 Å². The molecule has 0 aliphatic rings. The van der Waals surface area contributed by atoms with E-state index in [4.69, 9.17) is 9.15 Å². The van der Waals surface area contributed by atoms with Crippen LogP contribution < -0.4 is 15.7 Å². The molecule has 0 aliphatic heterocycles. The molecule has 2 N–H and O–H groups in total. The van der Waals surface area contributed by atoms with E-state index in [1.807, 2.05) is 38.1 Å². The number of aliphatic hydroxyl groups is 1. The highest BCUT2D eigenvalue weighted by Gasteiger charge is 2.20. The largest absolute Gasteiger partial charge is 0.480 e. The average molecular weight is 409 g/mol. The van der Waals surface area contributed by atoms with E-state index in [9.17, 15) is 14.7 Å². The van der Waals surface area contributed by atoms with Crippen LogP contribution >= 0.6 is 0 Å². The number of benzene rings is 2. The normalized spacial score (nSPS) is 13.1.